The van der Waals surface area contributed by atoms with Crippen molar-refractivity contribution >= 4 is 11.6 Å². The van der Waals surface area contributed by atoms with Gasteiger partial charge in [-0.3, -0.25) is 9.69 Å². The van der Waals surface area contributed by atoms with Gasteiger partial charge in [0.05, 0.1) is 12.2 Å². The minimum absolute atomic E-state index is 0.172. The molecule has 0 aliphatic carbocycles. The molecule has 2 aromatic carbocycles. The lowest BCUT2D eigenvalue weighted by atomic mass is 9.96. The van der Waals surface area contributed by atoms with Gasteiger partial charge in [0.2, 0.25) is 5.91 Å². The van der Waals surface area contributed by atoms with E-state index in [1.165, 1.54) is 6.07 Å². The Kier molecular flexibility index (Phi) is 6.00. The van der Waals surface area contributed by atoms with E-state index in [2.05, 4.69) is 31.9 Å². The van der Waals surface area contributed by atoms with E-state index in [0.717, 1.165) is 43.9 Å². The van der Waals surface area contributed by atoms with Crippen LogP contribution in [-0.2, 0) is 11.3 Å². The molecule has 4 rings (SSSR count). The number of nitrogens with one attached hydrogen (secondary N) is 1. The fourth-order valence-corrected chi connectivity index (χ4v) is 3.86. The van der Waals surface area contributed by atoms with Crippen molar-refractivity contribution in [1.82, 2.24) is 14.5 Å². The summed E-state index contributed by atoms with van der Waals surface area (Å²) < 4.78 is 15.9. The van der Waals surface area contributed by atoms with Crippen LogP contribution in [0.1, 0.15) is 12.8 Å². The van der Waals surface area contributed by atoms with E-state index in [9.17, 15) is 9.18 Å². The maximum absolute atomic E-state index is 13.7. The average Bonchev–Trinajstić information content (AvgIpc) is 3.20. The van der Waals surface area contributed by atoms with Crippen molar-refractivity contribution < 1.29 is 9.18 Å². The van der Waals surface area contributed by atoms with E-state index in [4.69, 9.17) is 0 Å². The standard InChI is InChI=1S/C23H25FN4O/c24-20-8-4-5-9-21(20)26-22(29)17-27-13-10-18(11-14-27)16-28-15-12-25-23(28)19-6-2-1-3-7-19/h1-9,12,15,18H,10-11,13-14,16-17H2,(H,26,29). The summed E-state index contributed by atoms with van der Waals surface area (Å²) in [6.07, 6.45) is 5.94. The van der Waals surface area contributed by atoms with E-state index in [0.29, 0.717) is 12.5 Å². The van der Waals surface area contributed by atoms with Crippen LogP contribution < -0.4 is 5.32 Å². The molecule has 2 heterocycles. The Hall–Kier alpha value is -2.99. The number of benzene rings is 2. The molecule has 3 aromatic rings. The van der Waals surface area contributed by atoms with Gasteiger partial charge in [-0.1, -0.05) is 42.5 Å². The Balaban J connectivity index is 1.28. The number of aromatic nitrogens is 2. The monoisotopic (exact) mass is 392 g/mol. The van der Waals surface area contributed by atoms with E-state index in [-0.39, 0.29) is 11.6 Å². The fraction of sp³-hybridized carbons (Fsp3) is 0.304. The summed E-state index contributed by atoms with van der Waals surface area (Å²) in [5, 5.41) is 2.66. The van der Waals surface area contributed by atoms with Crippen molar-refractivity contribution in [3.8, 4) is 11.4 Å². The molecule has 29 heavy (non-hydrogen) atoms. The van der Waals surface area contributed by atoms with Crippen molar-refractivity contribution in [2.75, 3.05) is 25.0 Å². The molecule has 1 aromatic heterocycles. The number of halogens is 1. The van der Waals surface area contributed by atoms with Crippen molar-refractivity contribution in [3.63, 3.8) is 0 Å². The topological polar surface area (TPSA) is 50.2 Å². The first-order valence-corrected chi connectivity index (χ1v) is 10.0. The summed E-state index contributed by atoms with van der Waals surface area (Å²) in [7, 11) is 0. The van der Waals surface area contributed by atoms with Crippen LogP contribution in [-0.4, -0.2) is 40.0 Å². The molecule has 150 valence electrons. The summed E-state index contributed by atoms with van der Waals surface area (Å²) in [6, 6.07) is 16.5. The number of rotatable bonds is 6. The number of para-hydroxylation sites is 1. The molecule has 0 saturated carbocycles. The third-order valence-corrected chi connectivity index (χ3v) is 5.42. The van der Waals surface area contributed by atoms with Gasteiger partial charge in [0, 0.05) is 24.5 Å². The van der Waals surface area contributed by atoms with E-state index in [1.54, 1.807) is 18.2 Å². The third kappa shape index (κ3) is 4.90. The van der Waals surface area contributed by atoms with Crippen molar-refractivity contribution in [2.24, 2.45) is 5.92 Å². The van der Waals surface area contributed by atoms with Gasteiger partial charge >= 0.3 is 0 Å². The summed E-state index contributed by atoms with van der Waals surface area (Å²) in [4.78, 5) is 18.9. The van der Waals surface area contributed by atoms with Crippen LogP contribution >= 0.6 is 0 Å². The summed E-state index contributed by atoms with van der Waals surface area (Å²) >= 11 is 0. The summed E-state index contributed by atoms with van der Waals surface area (Å²) in [5.41, 5.74) is 1.36. The van der Waals surface area contributed by atoms with Crippen LogP contribution in [0.5, 0.6) is 0 Å². The van der Waals surface area contributed by atoms with Gasteiger partial charge in [0.1, 0.15) is 11.6 Å². The van der Waals surface area contributed by atoms with E-state index in [1.807, 2.05) is 30.6 Å². The molecule has 0 spiro atoms. The number of carbonyl (C=O) groups is 1. The number of imidazole rings is 1. The molecule has 1 amide bonds. The lowest BCUT2D eigenvalue weighted by Gasteiger charge is -2.31. The minimum Gasteiger partial charge on any atom is -0.331 e. The molecule has 1 aliphatic heterocycles. The first-order valence-electron chi connectivity index (χ1n) is 10.0. The van der Waals surface area contributed by atoms with Gasteiger partial charge < -0.3 is 9.88 Å². The molecule has 1 fully saturated rings. The van der Waals surface area contributed by atoms with Gasteiger partial charge in [-0.05, 0) is 44.0 Å². The average molecular weight is 392 g/mol. The molecule has 6 heteroatoms. The first-order chi connectivity index (χ1) is 14.2. The summed E-state index contributed by atoms with van der Waals surface area (Å²) in [5.74, 6) is 0.971. The first kappa shape index (κ1) is 19.3. The highest BCUT2D eigenvalue weighted by molar-refractivity contribution is 5.92. The second-order valence-electron chi connectivity index (χ2n) is 7.52. The Morgan fingerprint density at radius 2 is 1.79 bits per heavy atom. The highest BCUT2D eigenvalue weighted by Crippen LogP contribution is 2.23. The number of hydrogen-bond donors (Lipinski definition) is 1. The number of likely N-dealkylation sites (tertiary alicyclic amines) is 1. The molecular formula is C23H25FN4O. The number of hydrogen-bond acceptors (Lipinski definition) is 3. The predicted molar refractivity (Wildman–Crippen MR) is 112 cm³/mol. The number of carbonyl (C=O) groups excluding carboxylic acids is 1. The minimum atomic E-state index is -0.408. The second kappa shape index (κ2) is 9.01. The highest BCUT2D eigenvalue weighted by Gasteiger charge is 2.22. The van der Waals surface area contributed by atoms with E-state index >= 15 is 0 Å². The zero-order valence-corrected chi connectivity index (χ0v) is 16.3. The Morgan fingerprint density at radius 3 is 2.55 bits per heavy atom. The number of amides is 1. The van der Waals surface area contributed by atoms with Gasteiger partial charge in [-0.15, -0.1) is 0 Å². The molecule has 1 N–H and O–H groups in total. The maximum atomic E-state index is 13.7. The SMILES string of the molecule is O=C(CN1CCC(Cn2ccnc2-c2ccccc2)CC1)Nc1ccccc1F. The molecule has 0 atom stereocenters. The molecule has 0 bridgehead atoms. The Morgan fingerprint density at radius 1 is 1.07 bits per heavy atom. The highest BCUT2D eigenvalue weighted by atomic mass is 19.1. The van der Waals surface area contributed by atoms with Crippen LogP contribution in [0.25, 0.3) is 11.4 Å². The van der Waals surface area contributed by atoms with Crippen LogP contribution in [0.4, 0.5) is 10.1 Å². The maximum Gasteiger partial charge on any atom is 0.238 e. The third-order valence-electron chi connectivity index (χ3n) is 5.42. The van der Waals surface area contributed by atoms with E-state index < -0.39 is 5.82 Å². The van der Waals surface area contributed by atoms with Crippen molar-refractivity contribution in [1.29, 1.82) is 0 Å². The largest absolute Gasteiger partial charge is 0.331 e. The fourth-order valence-electron chi connectivity index (χ4n) is 3.86. The molecule has 0 unspecified atom stereocenters. The molecule has 1 aliphatic rings. The number of piperidine rings is 1. The quantitative estimate of drug-likeness (QED) is 0.689. The van der Waals surface area contributed by atoms with Crippen LogP contribution in [0, 0.1) is 11.7 Å². The molecule has 5 nitrogen and oxygen atoms in total. The van der Waals surface area contributed by atoms with Gasteiger partial charge in [-0.2, -0.15) is 0 Å². The Labute approximate surface area is 170 Å². The number of nitrogens with zero attached hydrogens (tertiary/aromatic N) is 3. The van der Waals surface area contributed by atoms with Gasteiger partial charge in [0.15, 0.2) is 0 Å². The van der Waals surface area contributed by atoms with Crippen molar-refractivity contribution in [2.45, 2.75) is 19.4 Å². The normalized spacial score (nSPS) is 15.3. The predicted octanol–water partition coefficient (Wildman–Crippen LogP) is 4.04. The second-order valence-corrected chi connectivity index (χ2v) is 7.52. The lowest BCUT2D eigenvalue weighted by Crippen LogP contribution is -2.40. The molecular weight excluding hydrogens is 367 g/mol. The molecule has 1 saturated heterocycles. The van der Waals surface area contributed by atoms with Crippen molar-refractivity contribution in [3.05, 3.63) is 72.8 Å². The zero-order valence-electron chi connectivity index (χ0n) is 16.3. The lowest BCUT2D eigenvalue weighted by molar-refractivity contribution is -0.117. The van der Waals surface area contributed by atoms with Crippen LogP contribution in [0.15, 0.2) is 67.0 Å². The smallest absolute Gasteiger partial charge is 0.238 e. The van der Waals surface area contributed by atoms with Crippen LogP contribution in [0.2, 0.25) is 0 Å². The zero-order chi connectivity index (χ0) is 20.1. The van der Waals surface area contributed by atoms with Gasteiger partial charge in [0.25, 0.3) is 0 Å². The Bertz CT molecular complexity index is 948. The van der Waals surface area contributed by atoms with Gasteiger partial charge in [-0.25, -0.2) is 9.37 Å². The van der Waals surface area contributed by atoms with Crippen LogP contribution in [0.3, 0.4) is 0 Å². The molecule has 0 radical (unpaired) electrons. The summed E-state index contributed by atoms with van der Waals surface area (Å²) in [6.45, 7) is 2.95. The number of anilines is 1.